The summed E-state index contributed by atoms with van der Waals surface area (Å²) in [6.07, 6.45) is 1.73. The first-order chi connectivity index (χ1) is 9.54. The lowest BCUT2D eigenvalue weighted by atomic mass is 10.2. The van der Waals surface area contributed by atoms with Crippen molar-refractivity contribution in [2.24, 2.45) is 0 Å². The van der Waals surface area contributed by atoms with E-state index in [2.05, 4.69) is 9.10 Å². The van der Waals surface area contributed by atoms with Gasteiger partial charge in [-0.15, -0.1) is 0 Å². The molecule has 0 fully saturated rings. The predicted molar refractivity (Wildman–Crippen MR) is 81.6 cm³/mol. The van der Waals surface area contributed by atoms with E-state index in [0.717, 1.165) is 15.6 Å². The van der Waals surface area contributed by atoms with E-state index in [1.165, 1.54) is 11.5 Å². The molecule has 0 bridgehead atoms. The second-order valence-electron chi connectivity index (χ2n) is 4.50. The van der Waals surface area contributed by atoms with Crippen molar-refractivity contribution in [2.75, 3.05) is 4.72 Å². The molecular formula is C14H12N2O2S2. The number of anilines is 1. The summed E-state index contributed by atoms with van der Waals surface area (Å²) in [6.45, 7) is 1.92. The molecule has 0 spiro atoms. The molecule has 0 unspecified atom stereocenters. The topological polar surface area (TPSA) is 59.1 Å². The third-order valence-corrected chi connectivity index (χ3v) is 5.11. The van der Waals surface area contributed by atoms with Crippen LogP contribution < -0.4 is 4.72 Å². The smallest absolute Gasteiger partial charge is 0.261 e. The van der Waals surface area contributed by atoms with Crippen molar-refractivity contribution in [1.29, 1.82) is 0 Å². The van der Waals surface area contributed by atoms with Gasteiger partial charge in [0.05, 0.1) is 9.60 Å². The highest BCUT2D eigenvalue weighted by atomic mass is 32.2. The molecule has 0 atom stereocenters. The highest BCUT2D eigenvalue weighted by molar-refractivity contribution is 7.92. The van der Waals surface area contributed by atoms with Crippen molar-refractivity contribution in [3.05, 3.63) is 54.2 Å². The fourth-order valence-corrected chi connectivity index (χ4v) is 3.54. The van der Waals surface area contributed by atoms with Gasteiger partial charge in [-0.25, -0.2) is 8.42 Å². The molecule has 0 saturated carbocycles. The van der Waals surface area contributed by atoms with Gasteiger partial charge >= 0.3 is 0 Å². The summed E-state index contributed by atoms with van der Waals surface area (Å²) in [5, 5.41) is 0.930. The fraction of sp³-hybridized carbons (Fsp3) is 0.0714. The van der Waals surface area contributed by atoms with Crippen molar-refractivity contribution in [3.8, 4) is 0 Å². The van der Waals surface area contributed by atoms with E-state index in [9.17, 15) is 8.42 Å². The molecule has 102 valence electrons. The second kappa shape index (κ2) is 4.88. The van der Waals surface area contributed by atoms with Crippen LogP contribution >= 0.6 is 11.5 Å². The van der Waals surface area contributed by atoms with Gasteiger partial charge in [-0.3, -0.25) is 4.72 Å². The Hall–Kier alpha value is -1.92. The molecule has 1 heterocycles. The number of hydrogen-bond donors (Lipinski definition) is 1. The minimum absolute atomic E-state index is 0.256. The van der Waals surface area contributed by atoms with Crippen LogP contribution in [0, 0.1) is 6.92 Å². The molecule has 2 aromatic carbocycles. The van der Waals surface area contributed by atoms with E-state index < -0.39 is 10.0 Å². The first kappa shape index (κ1) is 13.1. The number of nitrogens with zero attached hydrogens (tertiary/aromatic N) is 1. The molecule has 3 aromatic rings. The predicted octanol–water partition coefficient (Wildman–Crippen LogP) is 3.41. The molecule has 0 aliphatic heterocycles. The zero-order valence-electron chi connectivity index (χ0n) is 10.7. The standard InChI is InChI=1S/C14H12N2O2S2/c1-10-2-5-13(6-3-10)20(17,18)16-12-4-7-14-11(8-12)9-15-19-14/h2-9,16H,1H3. The third kappa shape index (κ3) is 2.52. The lowest BCUT2D eigenvalue weighted by molar-refractivity contribution is 0.601. The van der Waals surface area contributed by atoms with Crippen LogP contribution in [-0.2, 0) is 10.0 Å². The molecule has 6 heteroatoms. The van der Waals surface area contributed by atoms with E-state index in [0.29, 0.717) is 5.69 Å². The van der Waals surface area contributed by atoms with Gasteiger partial charge in [-0.05, 0) is 48.8 Å². The van der Waals surface area contributed by atoms with Gasteiger partial charge in [0, 0.05) is 17.3 Å². The van der Waals surface area contributed by atoms with E-state index in [1.54, 1.807) is 42.6 Å². The Morgan fingerprint density at radius 2 is 1.85 bits per heavy atom. The molecule has 0 saturated heterocycles. The quantitative estimate of drug-likeness (QED) is 0.806. The third-order valence-electron chi connectivity index (χ3n) is 2.94. The normalized spacial score (nSPS) is 11.7. The van der Waals surface area contributed by atoms with E-state index in [4.69, 9.17) is 0 Å². The van der Waals surface area contributed by atoms with E-state index in [1.807, 2.05) is 13.0 Å². The van der Waals surface area contributed by atoms with Crippen LogP contribution in [0.2, 0.25) is 0 Å². The van der Waals surface area contributed by atoms with Crippen molar-refractivity contribution in [2.45, 2.75) is 11.8 Å². The highest BCUT2D eigenvalue weighted by Gasteiger charge is 2.14. The van der Waals surface area contributed by atoms with Gasteiger partial charge in [0.2, 0.25) is 0 Å². The summed E-state index contributed by atoms with van der Waals surface area (Å²) >= 11 is 1.38. The Labute approximate surface area is 121 Å². The molecule has 1 aromatic heterocycles. The lowest BCUT2D eigenvalue weighted by Crippen LogP contribution is -2.12. The van der Waals surface area contributed by atoms with Crippen LogP contribution in [0.15, 0.2) is 53.6 Å². The summed E-state index contributed by atoms with van der Waals surface area (Å²) in [7, 11) is -3.55. The summed E-state index contributed by atoms with van der Waals surface area (Å²) < 4.78 is 32.2. The molecule has 0 amide bonds. The minimum atomic E-state index is -3.55. The lowest BCUT2D eigenvalue weighted by Gasteiger charge is -2.08. The van der Waals surface area contributed by atoms with E-state index >= 15 is 0 Å². The molecule has 1 N–H and O–H groups in total. The highest BCUT2D eigenvalue weighted by Crippen LogP contribution is 2.24. The van der Waals surface area contributed by atoms with Gasteiger partial charge in [0.15, 0.2) is 0 Å². The Kier molecular flexibility index (Phi) is 3.19. The number of hydrogen-bond acceptors (Lipinski definition) is 4. The number of aryl methyl sites for hydroxylation is 1. The fourth-order valence-electron chi connectivity index (χ4n) is 1.87. The van der Waals surface area contributed by atoms with E-state index in [-0.39, 0.29) is 4.90 Å². The number of sulfonamides is 1. The number of rotatable bonds is 3. The van der Waals surface area contributed by atoms with Gasteiger partial charge < -0.3 is 0 Å². The Bertz CT molecular complexity index is 852. The summed E-state index contributed by atoms with van der Waals surface area (Å²) in [4.78, 5) is 0.256. The molecular weight excluding hydrogens is 292 g/mol. The zero-order valence-corrected chi connectivity index (χ0v) is 12.3. The Morgan fingerprint density at radius 1 is 1.10 bits per heavy atom. The minimum Gasteiger partial charge on any atom is -0.280 e. The molecule has 0 aliphatic carbocycles. The Morgan fingerprint density at radius 3 is 2.60 bits per heavy atom. The van der Waals surface area contributed by atoms with Gasteiger partial charge in [-0.2, -0.15) is 4.37 Å². The van der Waals surface area contributed by atoms with Gasteiger partial charge in [0.1, 0.15) is 0 Å². The van der Waals surface area contributed by atoms with Crippen molar-refractivity contribution in [3.63, 3.8) is 0 Å². The number of benzene rings is 2. The maximum Gasteiger partial charge on any atom is 0.261 e. The molecule has 20 heavy (non-hydrogen) atoms. The van der Waals surface area contributed by atoms with Crippen LogP contribution in [0.3, 0.4) is 0 Å². The van der Waals surface area contributed by atoms with Crippen LogP contribution in [0.5, 0.6) is 0 Å². The van der Waals surface area contributed by atoms with Crippen LogP contribution in [0.4, 0.5) is 5.69 Å². The summed E-state index contributed by atoms with van der Waals surface area (Å²) in [5.74, 6) is 0. The first-order valence-corrected chi connectivity index (χ1v) is 8.24. The summed E-state index contributed by atoms with van der Waals surface area (Å²) in [5.41, 5.74) is 1.56. The first-order valence-electron chi connectivity index (χ1n) is 5.98. The monoisotopic (exact) mass is 304 g/mol. The van der Waals surface area contributed by atoms with Crippen LogP contribution in [0.1, 0.15) is 5.56 Å². The van der Waals surface area contributed by atoms with Crippen molar-refractivity contribution < 1.29 is 8.42 Å². The summed E-state index contributed by atoms with van der Waals surface area (Å²) in [6, 6.07) is 12.1. The number of aromatic nitrogens is 1. The maximum atomic E-state index is 12.3. The molecule has 3 rings (SSSR count). The molecule has 4 nitrogen and oxygen atoms in total. The second-order valence-corrected chi connectivity index (χ2v) is 7.01. The van der Waals surface area contributed by atoms with Gasteiger partial charge in [-0.1, -0.05) is 17.7 Å². The van der Waals surface area contributed by atoms with Crippen molar-refractivity contribution in [1.82, 2.24) is 4.37 Å². The SMILES string of the molecule is Cc1ccc(S(=O)(=O)Nc2ccc3sncc3c2)cc1. The molecule has 0 radical (unpaired) electrons. The van der Waals surface area contributed by atoms with Crippen molar-refractivity contribution >= 4 is 37.3 Å². The average Bonchev–Trinajstić information content (AvgIpc) is 2.86. The molecule has 0 aliphatic rings. The van der Waals surface area contributed by atoms with Crippen LogP contribution in [-0.4, -0.2) is 12.8 Å². The Balaban J connectivity index is 1.94. The largest absolute Gasteiger partial charge is 0.280 e. The maximum absolute atomic E-state index is 12.3. The number of fused-ring (bicyclic) bond motifs is 1. The van der Waals surface area contributed by atoms with Gasteiger partial charge in [0.25, 0.3) is 10.0 Å². The number of nitrogens with one attached hydrogen (secondary N) is 1. The zero-order chi connectivity index (χ0) is 14.2. The van der Waals surface area contributed by atoms with Crippen LogP contribution in [0.25, 0.3) is 10.1 Å². The average molecular weight is 304 g/mol.